The Morgan fingerprint density at radius 1 is 1.26 bits per heavy atom. The van der Waals surface area contributed by atoms with Crippen LogP contribution in [0.25, 0.3) is 10.9 Å². The Balaban J connectivity index is 1.23. The van der Waals surface area contributed by atoms with Crippen LogP contribution in [0.5, 0.6) is 0 Å². The number of urea groups is 1. The number of unbranched alkanes of at least 4 members (excludes halogenated alkanes) is 1. The molecule has 142 valence electrons. The lowest BCUT2D eigenvalue weighted by atomic mass is 10.00. The first-order chi connectivity index (χ1) is 13.1. The highest BCUT2D eigenvalue weighted by atomic mass is 32.2. The highest BCUT2D eigenvalue weighted by Crippen LogP contribution is 2.33. The number of hydrogen-bond acceptors (Lipinski definition) is 4. The molecule has 3 atom stereocenters. The molecule has 2 amide bonds. The van der Waals surface area contributed by atoms with Crippen molar-refractivity contribution in [2.45, 2.75) is 49.4 Å². The number of carbonyl (C=O) groups is 3. The van der Waals surface area contributed by atoms with Crippen LogP contribution in [-0.4, -0.2) is 46.2 Å². The largest absolute Gasteiger partial charge is 0.360 e. The van der Waals surface area contributed by atoms with Crippen molar-refractivity contribution < 1.29 is 14.4 Å². The molecule has 0 radical (unpaired) electrons. The highest BCUT2D eigenvalue weighted by molar-refractivity contribution is 8.00. The quantitative estimate of drug-likeness (QED) is 0.370. The van der Waals surface area contributed by atoms with Crippen molar-refractivity contribution in [1.29, 1.82) is 0 Å². The van der Waals surface area contributed by atoms with Gasteiger partial charge in [0, 0.05) is 46.5 Å². The van der Waals surface area contributed by atoms with E-state index in [-0.39, 0.29) is 23.9 Å². The van der Waals surface area contributed by atoms with Gasteiger partial charge in [-0.1, -0.05) is 12.5 Å². The average molecular weight is 385 g/mol. The van der Waals surface area contributed by atoms with Crippen molar-refractivity contribution in [3.63, 3.8) is 0 Å². The molecule has 0 bridgehead atoms. The molecule has 2 aromatic rings. The molecule has 7 heteroatoms. The molecule has 2 aliphatic heterocycles. The lowest BCUT2D eigenvalue weighted by Gasteiger charge is -2.16. The molecule has 3 N–H and O–H groups in total. The third-order valence-electron chi connectivity index (χ3n) is 5.44. The predicted molar refractivity (Wildman–Crippen MR) is 106 cm³/mol. The Bertz CT molecular complexity index is 878. The van der Waals surface area contributed by atoms with Gasteiger partial charge in [0.25, 0.3) is 0 Å². The zero-order chi connectivity index (χ0) is 18.8. The molecule has 1 aromatic carbocycles. The van der Waals surface area contributed by atoms with Crippen LogP contribution in [0.1, 0.15) is 41.6 Å². The number of rotatable bonds is 8. The molecule has 1 aromatic heterocycles. The number of fused-ring (bicyclic) bond motifs is 2. The van der Waals surface area contributed by atoms with Crippen molar-refractivity contribution in [2.24, 2.45) is 0 Å². The molecule has 2 aliphatic rings. The van der Waals surface area contributed by atoms with Crippen LogP contribution < -0.4 is 10.6 Å². The summed E-state index contributed by atoms with van der Waals surface area (Å²) in [6.45, 7) is 0. The van der Waals surface area contributed by atoms with Crippen LogP contribution in [0.4, 0.5) is 4.79 Å². The van der Waals surface area contributed by atoms with E-state index in [0.717, 1.165) is 47.8 Å². The fraction of sp³-hybridized carbons (Fsp3) is 0.450. The molecular formula is C20H23N3O3S. The van der Waals surface area contributed by atoms with Crippen LogP contribution in [0.3, 0.4) is 0 Å². The second-order valence-corrected chi connectivity index (χ2v) is 8.60. The van der Waals surface area contributed by atoms with Crippen molar-refractivity contribution in [1.82, 2.24) is 15.6 Å². The maximum atomic E-state index is 12.3. The third-order valence-corrected chi connectivity index (χ3v) is 6.95. The summed E-state index contributed by atoms with van der Waals surface area (Å²) >= 11 is 1.91. The average Bonchev–Trinajstić information content (AvgIpc) is 3.32. The van der Waals surface area contributed by atoms with E-state index in [9.17, 15) is 14.4 Å². The second kappa shape index (κ2) is 7.76. The van der Waals surface area contributed by atoms with Gasteiger partial charge in [0.1, 0.15) is 5.78 Å². The minimum atomic E-state index is -0.0531. The van der Waals surface area contributed by atoms with Crippen LogP contribution in [0, 0.1) is 0 Å². The number of benzene rings is 1. The van der Waals surface area contributed by atoms with E-state index in [1.807, 2.05) is 30.0 Å². The topological polar surface area (TPSA) is 91.1 Å². The fourth-order valence-electron chi connectivity index (χ4n) is 4.02. The minimum Gasteiger partial charge on any atom is -0.360 e. The number of aromatic amines is 1. The van der Waals surface area contributed by atoms with E-state index >= 15 is 0 Å². The molecule has 3 heterocycles. The molecule has 2 saturated heterocycles. The van der Waals surface area contributed by atoms with Crippen molar-refractivity contribution in [2.75, 3.05) is 5.75 Å². The number of hydrogen-bond donors (Lipinski definition) is 3. The number of carbonyl (C=O) groups excluding carboxylic acids is 3. The van der Waals surface area contributed by atoms with E-state index in [0.29, 0.717) is 23.7 Å². The van der Waals surface area contributed by atoms with Gasteiger partial charge in [-0.3, -0.25) is 9.59 Å². The Hall–Kier alpha value is -2.28. The summed E-state index contributed by atoms with van der Waals surface area (Å²) < 4.78 is 0. The smallest absolute Gasteiger partial charge is 0.315 e. The third kappa shape index (κ3) is 3.88. The summed E-state index contributed by atoms with van der Waals surface area (Å²) in [6, 6.07) is 6.23. The number of aldehydes is 1. The van der Waals surface area contributed by atoms with E-state index in [1.165, 1.54) is 0 Å². The molecule has 2 fully saturated rings. The number of nitrogens with one attached hydrogen (secondary N) is 3. The maximum Gasteiger partial charge on any atom is 0.315 e. The van der Waals surface area contributed by atoms with Gasteiger partial charge >= 0.3 is 6.03 Å². The van der Waals surface area contributed by atoms with Gasteiger partial charge in [-0.25, -0.2) is 4.79 Å². The number of H-pyrrole nitrogens is 1. The molecule has 4 rings (SSSR count). The standard InChI is InChI=1S/C20H23N3O3S/c24-10-13-9-21-16-6-5-12(8-15(13)16)7-14(25)3-1-2-4-18-19-17(11-27-18)22-20(26)23-19/h5-6,8-10,17-19,21H,1-4,7,11H2,(H2,22,23,26)/t17-,18-,19-/m0/s1. The first-order valence-corrected chi connectivity index (χ1v) is 10.4. The van der Waals surface area contributed by atoms with E-state index < -0.39 is 0 Å². The number of Topliss-reactive ketones (excluding diaryl/α,β-unsaturated/α-hetero) is 1. The molecule has 0 aliphatic carbocycles. The van der Waals surface area contributed by atoms with E-state index in [1.54, 1.807) is 6.20 Å². The van der Waals surface area contributed by atoms with Crippen molar-refractivity contribution in [3.8, 4) is 0 Å². The predicted octanol–water partition coefficient (Wildman–Crippen LogP) is 2.82. The van der Waals surface area contributed by atoms with E-state index in [2.05, 4.69) is 15.6 Å². The summed E-state index contributed by atoms with van der Waals surface area (Å²) in [5.41, 5.74) is 2.48. The van der Waals surface area contributed by atoms with Gasteiger partial charge in [-0.15, -0.1) is 0 Å². The lowest BCUT2D eigenvalue weighted by molar-refractivity contribution is -0.118. The molecule has 0 unspecified atom stereocenters. The Morgan fingerprint density at radius 3 is 3.00 bits per heavy atom. The van der Waals surface area contributed by atoms with E-state index in [4.69, 9.17) is 0 Å². The number of thioether (sulfide) groups is 1. The van der Waals surface area contributed by atoms with Gasteiger partial charge in [0.2, 0.25) is 0 Å². The zero-order valence-corrected chi connectivity index (χ0v) is 15.8. The SMILES string of the molecule is O=Cc1c[nH]c2ccc(CC(=O)CCCC[C@@H]3SC[C@@H]4NC(=O)N[C@@H]43)cc12. The van der Waals surface area contributed by atoms with Crippen LogP contribution in [-0.2, 0) is 11.2 Å². The number of amides is 2. The summed E-state index contributed by atoms with van der Waals surface area (Å²) in [4.78, 5) is 37.8. The summed E-state index contributed by atoms with van der Waals surface area (Å²) in [6.07, 6.45) is 6.40. The summed E-state index contributed by atoms with van der Waals surface area (Å²) in [5.74, 6) is 1.20. The van der Waals surface area contributed by atoms with Crippen LogP contribution in [0.15, 0.2) is 24.4 Å². The van der Waals surface area contributed by atoms with Crippen LogP contribution >= 0.6 is 11.8 Å². The first kappa shape index (κ1) is 18.1. The Labute approximate surface area is 161 Å². The van der Waals surface area contributed by atoms with Crippen molar-refractivity contribution in [3.05, 3.63) is 35.5 Å². The van der Waals surface area contributed by atoms with Gasteiger partial charge < -0.3 is 15.6 Å². The maximum absolute atomic E-state index is 12.3. The summed E-state index contributed by atoms with van der Waals surface area (Å²) in [5, 5.41) is 7.27. The number of aromatic nitrogens is 1. The summed E-state index contributed by atoms with van der Waals surface area (Å²) in [7, 11) is 0. The fourth-order valence-corrected chi connectivity index (χ4v) is 5.57. The van der Waals surface area contributed by atoms with Crippen molar-refractivity contribution >= 4 is 40.8 Å². The Kier molecular flexibility index (Phi) is 5.20. The van der Waals surface area contributed by atoms with Gasteiger partial charge in [-0.05, 0) is 30.5 Å². The molecular weight excluding hydrogens is 362 g/mol. The molecule has 6 nitrogen and oxygen atoms in total. The highest BCUT2D eigenvalue weighted by Gasteiger charge is 2.42. The van der Waals surface area contributed by atoms with Gasteiger partial charge in [-0.2, -0.15) is 11.8 Å². The van der Waals surface area contributed by atoms with Gasteiger partial charge in [0.05, 0.1) is 12.1 Å². The zero-order valence-electron chi connectivity index (χ0n) is 15.0. The monoisotopic (exact) mass is 385 g/mol. The second-order valence-electron chi connectivity index (χ2n) is 7.32. The lowest BCUT2D eigenvalue weighted by Crippen LogP contribution is -2.36. The Morgan fingerprint density at radius 2 is 2.15 bits per heavy atom. The normalized spacial score (nSPS) is 23.9. The molecule has 27 heavy (non-hydrogen) atoms. The molecule has 0 spiro atoms. The first-order valence-electron chi connectivity index (χ1n) is 9.39. The minimum absolute atomic E-state index is 0.0531. The molecule has 0 saturated carbocycles. The number of ketones is 1. The van der Waals surface area contributed by atoms with Gasteiger partial charge in [0.15, 0.2) is 6.29 Å². The van der Waals surface area contributed by atoms with Crippen LogP contribution in [0.2, 0.25) is 0 Å².